The molecule has 0 N–H and O–H groups in total. The molecule has 0 unspecified atom stereocenters. The zero-order chi connectivity index (χ0) is 15.5. The Balaban J connectivity index is 2.07. The SMILES string of the molecule is CCOC1CC(Cc2nnc(S(=O)(=O)Cl)n2CCOC)C1. The van der Waals surface area contributed by atoms with Gasteiger partial charge in [-0.05, 0) is 25.7 Å². The molecule has 1 aliphatic rings. The molecule has 1 fully saturated rings. The number of hydrogen-bond acceptors (Lipinski definition) is 6. The van der Waals surface area contributed by atoms with Crippen molar-refractivity contribution in [3.63, 3.8) is 0 Å². The van der Waals surface area contributed by atoms with Gasteiger partial charge < -0.3 is 9.47 Å². The van der Waals surface area contributed by atoms with Gasteiger partial charge in [-0.3, -0.25) is 4.57 Å². The molecule has 0 bridgehead atoms. The van der Waals surface area contributed by atoms with Gasteiger partial charge in [0.25, 0.3) is 14.2 Å². The van der Waals surface area contributed by atoms with E-state index in [2.05, 4.69) is 10.2 Å². The molecule has 0 atom stereocenters. The largest absolute Gasteiger partial charge is 0.383 e. The maximum absolute atomic E-state index is 11.5. The van der Waals surface area contributed by atoms with Crippen LogP contribution in [0.5, 0.6) is 0 Å². The van der Waals surface area contributed by atoms with E-state index in [1.165, 1.54) is 4.57 Å². The third-order valence-electron chi connectivity index (χ3n) is 3.60. The van der Waals surface area contributed by atoms with Crippen molar-refractivity contribution in [1.29, 1.82) is 0 Å². The van der Waals surface area contributed by atoms with Crippen molar-refractivity contribution in [3.05, 3.63) is 5.82 Å². The van der Waals surface area contributed by atoms with E-state index in [0.717, 1.165) is 19.4 Å². The highest BCUT2D eigenvalue weighted by molar-refractivity contribution is 8.13. The summed E-state index contributed by atoms with van der Waals surface area (Å²) in [5.74, 6) is 1.07. The summed E-state index contributed by atoms with van der Waals surface area (Å²) >= 11 is 0. The van der Waals surface area contributed by atoms with Crippen LogP contribution in [0, 0.1) is 5.92 Å². The van der Waals surface area contributed by atoms with Gasteiger partial charge in [-0.25, -0.2) is 8.42 Å². The zero-order valence-electron chi connectivity index (χ0n) is 12.2. The summed E-state index contributed by atoms with van der Waals surface area (Å²) in [4.78, 5) is 0. The molecule has 1 aliphatic carbocycles. The fourth-order valence-electron chi connectivity index (χ4n) is 2.53. The summed E-state index contributed by atoms with van der Waals surface area (Å²) in [5, 5.41) is 7.48. The minimum Gasteiger partial charge on any atom is -0.383 e. The Morgan fingerprint density at radius 2 is 2.10 bits per heavy atom. The lowest BCUT2D eigenvalue weighted by molar-refractivity contribution is -0.0248. The second-order valence-electron chi connectivity index (χ2n) is 5.10. The molecular weight excluding hydrogens is 318 g/mol. The van der Waals surface area contributed by atoms with Gasteiger partial charge in [0, 0.05) is 37.4 Å². The maximum atomic E-state index is 11.5. The van der Waals surface area contributed by atoms with Crippen LogP contribution in [0.4, 0.5) is 0 Å². The van der Waals surface area contributed by atoms with Crippen LogP contribution in [-0.2, 0) is 31.5 Å². The Bertz CT molecular complexity index is 569. The number of aromatic nitrogens is 3. The van der Waals surface area contributed by atoms with E-state index in [0.29, 0.717) is 37.4 Å². The summed E-state index contributed by atoms with van der Waals surface area (Å²) in [5.41, 5.74) is 0. The summed E-state index contributed by atoms with van der Waals surface area (Å²) in [6.45, 7) is 3.43. The van der Waals surface area contributed by atoms with Crippen molar-refractivity contribution < 1.29 is 17.9 Å². The van der Waals surface area contributed by atoms with Crippen LogP contribution < -0.4 is 0 Å². The quantitative estimate of drug-likeness (QED) is 0.663. The number of rotatable bonds is 8. The van der Waals surface area contributed by atoms with Gasteiger partial charge in [0.1, 0.15) is 5.82 Å². The first kappa shape index (κ1) is 16.7. The van der Waals surface area contributed by atoms with Crippen LogP contribution in [0.3, 0.4) is 0 Å². The molecule has 0 aromatic carbocycles. The Morgan fingerprint density at radius 1 is 1.38 bits per heavy atom. The molecule has 0 spiro atoms. The van der Waals surface area contributed by atoms with Crippen molar-refractivity contribution in [2.45, 2.75) is 44.0 Å². The van der Waals surface area contributed by atoms with E-state index in [1.807, 2.05) is 6.92 Å². The monoisotopic (exact) mass is 337 g/mol. The van der Waals surface area contributed by atoms with Gasteiger partial charge in [0.2, 0.25) is 0 Å². The van der Waals surface area contributed by atoms with Gasteiger partial charge >= 0.3 is 0 Å². The maximum Gasteiger partial charge on any atom is 0.296 e. The second kappa shape index (κ2) is 7.04. The highest BCUT2D eigenvalue weighted by Crippen LogP contribution is 2.32. The van der Waals surface area contributed by atoms with Crippen molar-refractivity contribution in [2.24, 2.45) is 5.92 Å². The fourth-order valence-corrected chi connectivity index (χ4v) is 3.47. The standard InChI is InChI=1S/C12H20ClN3O4S/c1-3-20-10-6-9(7-10)8-11-14-15-12(21(13,17)18)16(11)4-5-19-2/h9-10H,3-8H2,1-2H3. The van der Waals surface area contributed by atoms with E-state index >= 15 is 0 Å². The average Bonchev–Trinajstić information content (AvgIpc) is 2.76. The van der Waals surface area contributed by atoms with Crippen LogP contribution in [0.15, 0.2) is 5.16 Å². The first-order chi connectivity index (χ1) is 9.95. The first-order valence-corrected chi connectivity index (χ1v) is 9.23. The Hall–Kier alpha value is -0.700. The van der Waals surface area contributed by atoms with Crippen molar-refractivity contribution >= 4 is 19.7 Å². The fraction of sp³-hybridized carbons (Fsp3) is 0.833. The molecule has 1 aromatic rings. The molecule has 7 nitrogen and oxygen atoms in total. The molecule has 9 heteroatoms. The molecule has 0 aliphatic heterocycles. The minimum absolute atomic E-state index is 0.211. The van der Waals surface area contributed by atoms with Gasteiger partial charge in [-0.2, -0.15) is 0 Å². The summed E-state index contributed by atoms with van der Waals surface area (Å²) in [6.07, 6.45) is 2.92. The Labute approximate surface area is 129 Å². The number of hydrogen-bond donors (Lipinski definition) is 0. The van der Waals surface area contributed by atoms with Crippen LogP contribution >= 0.6 is 10.7 Å². The van der Waals surface area contributed by atoms with E-state index < -0.39 is 9.05 Å². The van der Waals surface area contributed by atoms with Crippen LogP contribution in [-0.4, -0.2) is 49.6 Å². The smallest absolute Gasteiger partial charge is 0.296 e. The number of halogens is 1. The topological polar surface area (TPSA) is 83.3 Å². The molecule has 2 rings (SSSR count). The predicted octanol–water partition coefficient (Wildman–Crippen LogP) is 1.21. The summed E-state index contributed by atoms with van der Waals surface area (Å²) < 4.78 is 35.1. The van der Waals surface area contributed by atoms with Crippen LogP contribution in [0.25, 0.3) is 0 Å². The molecule has 21 heavy (non-hydrogen) atoms. The molecule has 0 saturated heterocycles. The van der Waals surface area contributed by atoms with Gasteiger partial charge in [0.15, 0.2) is 0 Å². The van der Waals surface area contributed by atoms with Crippen molar-refractivity contribution in [1.82, 2.24) is 14.8 Å². The highest BCUT2D eigenvalue weighted by Gasteiger charge is 2.32. The lowest BCUT2D eigenvalue weighted by Gasteiger charge is -2.34. The first-order valence-electron chi connectivity index (χ1n) is 6.93. The summed E-state index contributed by atoms with van der Waals surface area (Å²) in [6, 6.07) is 0. The lowest BCUT2D eigenvalue weighted by Crippen LogP contribution is -2.33. The van der Waals surface area contributed by atoms with E-state index in [-0.39, 0.29) is 5.16 Å². The lowest BCUT2D eigenvalue weighted by atomic mass is 9.80. The molecule has 1 saturated carbocycles. The minimum atomic E-state index is -3.91. The third kappa shape index (κ3) is 4.15. The Kier molecular flexibility index (Phi) is 5.59. The van der Waals surface area contributed by atoms with Gasteiger partial charge in [0.05, 0.1) is 12.7 Å². The Morgan fingerprint density at radius 3 is 2.67 bits per heavy atom. The van der Waals surface area contributed by atoms with E-state index in [9.17, 15) is 8.42 Å². The molecule has 0 radical (unpaired) electrons. The highest BCUT2D eigenvalue weighted by atomic mass is 35.7. The van der Waals surface area contributed by atoms with E-state index in [4.69, 9.17) is 20.2 Å². The van der Waals surface area contributed by atoms with E-state index in [1.54, 1.807) is 7.11 Å². The average molecular weight is 338 g/mol. The van der Waals surface area contributed by atoms with Gasteiger partial charge in [-0.15, -0.1) is 10.2 Å². The number of ether oxygens (including phenoxy) is 2. The number of nitrogens with zero attached hydrogens (tertiary/aromatic N) is 3. The molecule has 120 valence electrons. The number of methoxy groups -OCH3 is 1. The van der Waals surface area contributed by atoms with Crippen molar-refractivity contribution in [2.75, 3.05) is 20.3 Å². The third-order valence-corrected chi connectivity index (χ3v) is 4.75. The second-order valence-corrected chi connectivity index (χ2v) is 7.56. The normalized spacial score (nSPS) is 22.2. The predicted molar refractivity (Wildman–Crippen MR) is 76.8 cm³/mol. The van der Waals surface area contributed by atoms with Crippen LogP contribution in [0.1, 0.15) is 25.6 Å². The van der Waals surface area contributed by atoms with Gasteiger partial charge in [-0.1, -0.05) is 0 Å². The van der Waals surface area contributed by atoms with Crippen LogP contribution in [0.2, 0.25) is 0 Å². The zero-order valence-corrected chi connectivity index (χ0v) is 13.7. The summed E-state index contributed by atoms with van der Waals surface area (Å²) in [7, 11) is 3.04. The molecule has 0 amide bonds. The molecule has 1 heterocycles. The molecular formula is C12H20ClN3O4S. The molecule has 1 aromatic heterocycles. The van der Waals surface area contributed by atoms with Crippen molar-refractivity contribution in [3.8, 4) is 0 Å².